The summed E-state index contributed by atoms with van der Waals surface area (Å²) in [6.45, 7) is 1.88. The number of halogens is 2. The summed E-state index contributed by atoms with van der Waals surface area (Å²) in [5, 5.41) is 0.661. The molecule has 0 fully saturated rings. The standard InChI is InChI=1S/C20H19Cl2N3O3/c1-12-23-16-6-4-5-7-17(16)25(12)11-18(26)24(2)19(20(27)28-3)13-8-9-14(21)15(22)10-13/h4-10,19H,11H2,1-3H3/t19-/m0/s1. The molecule has 1 aromatic heterocycles. The second-order valence-electron chi connectivity index (χ2n) is 6.34. The zero-order valence-electron chi connectivity index (χ0n) is 15.6. The highest BCUT2D eigenvalue weighted by molar-refractivity contribution is 6.42. The lowest BCUT2D eigenvalue weighted by Crippen LogP contribution is -2.38. The van der Waals surface area contributed by atoms with Crippen LogP contribution in [0.25, 0.3) is 11.0 Å². The van der Waals surface area contributed by atoms with Gasteiger partial charge in [-0.05, 0) is 36.8 Å². The van der Waals surface area contributed by atoms with Gasteiger partial charge in [0.1, 0.15) is 12.4 Å². The molecule has 2 aromatic carbocycles. The molecule has 0 aliphatic rings. The van der Waals surface area contributed by atoms with E-state index in [0.717, 1.165) is 11.0 Å². The Bertz CT molecular complexity index is 1050. The monoisotopic (exact) mass is 419 g/mol. The molecule has 0 aliphatic heterocycles. The SMILES string of the molecule is COC(=O)[C@H](c1ccc(Cl)c(Cl)c1)N(C)C(=O)Cn1c(C)nc2ccccc21. The lowest BCUT2D eigenvalue weighted by atomic mass is 10.1. The van der Waals surface area contributed by atoms with Gasteiger partial charge in [-0.25, -0.2) is 9.78 Å². The van der Waals surface area contributed by atoms with Crippen LogP contribution in [-0.2, 0) is 20.9 Å². The molecule has 0 bridgehead atoms. The molecule has 0 saturated heterocycles. The molecule has 0 saturated carbocycles. The molecule has 0 radical (unpaired) electrons. The average molecular weight is 420 g/mol. The van der Waals surface area contributed by atoms with E-state index in [1.807, 2.05) is 35.8 Å². The number of para-hydroxylation sites is 2. The molecule has 1 amide bonds. The molecule has 8 heteroatoms. The lowest BCUT2D eigenvalue weighted by molar-refractivity contribution is -0.152. The van der Waals surface area contributed by atoms with Gasteiger partial charge in [-0.2, -0.15) is 0 Å². The molecule has 28 heavy (non-hydrogen) atoms. The van der Waals surface area contributed by atoms with Gasteiger partial charge in [-0.3, -0.25) is 4.79 Å². The highest BCUT2D eigenvalue weighted by atomic mass is 35.5. The summed E-state index contributed by atoms with van der Waals surface area (Å²) < 4.78 is 6.73. The minimum absolute atomic E-state index is 0.0393. The zero-order valence-corrected chi connectivity index (χ0v) is 17.2. The van der Waals surface area contributed by atoms with Gasteiger partial charge < -0.3 is 14.2 Å². The summed E-state index contributed by atoms with van der Waals surface area (Å²) in [5.74, 6) is -0.124. The molecular formula is C20H19Cl2N3O3. The van der Waals surface area contributed by atoms with Crippen LogP contribution in [0.2, 0.25) is 10.0 Å². The Balaban J connectivity index is 1.92. The maximum Gasteiger partial charge on any atom is 0.333 e. The molecule has 3 aromatic rings. The third kappa shape index (κ3) is 3.84. The second-order valence-corrected chi connectivity index (χ2v) is 7.15. The van der Waals surface area contributed by atoms with Crippen LogP contribution in [0, 0.1) is 6.92 Å². The van der Waals surface area contributed by atoms with Crippen molar-refractivity contribution >= 4 is 46.1 Å². The number of ether oxygens (including phenoxy) is 1. The van der Waals surface area contributed by atoms with Crippen LogP contribution in [0.4, 0.5) is 0 Å². The molecule has 0 aliphatic carbocycles. The van der Waals surface area contributed by atoms with E-state index in [1.165, 1.54) is 12.0 Å². The van der Waals surface area contributed by atoms with Gasteiger partial charge in [-0.1, -0.05) is 41.4 Å². The van der Waals surface area contributed by atoms with E-state index in [2.05, 4.69) is 4.98 Å². The Kier molecular flexibility index (Phi) is 5.91. The highest BCUT2D eigenvalue weighted by Crippen LogP contribution is 2.29. The zero-order chi connectivity index (χ0) is 20.4. The summed E-state index contributed by atoms with van der Waals surface area (Å²) in [4.78, 5) is 31.2. The maximum absolute atomic E-state index is 13.0. The van der Waals surface area contributed by atoms with Gasteiger partial charge in [-0.15, -0.1) is 0 Å². The fourth-order valence-electron chi connectivity index (χ4n) is 3.10. The van der Waals surface area contributed by atoms with Crippen molar-refractivity contribution < 1.29 is 14.3 Å². The number of likely N-dealkylation sites (N-methyl/N-ethyl adjacent to an activating group) is 1. The van der Waals surface area contributed by atoms with Gasteiger partial charge in [0.15, 0.2) is 6.04 Å². The van der Waals surface area contributed by atoms with Gasteiger partial charge in [0.05, 0.1) is 28.2 Å². The molecular weight excluding hydrogens is 401 g/mol. The maximum atomic E-state index is 13.0. The van der Waals surface area contributed by atoms with Crippen LogP contribution in [-0.4, -0.2) is 40.5 Å². The number of hydrogen-bond donors (Lipinski definition) is 0. The number of fused-ring (bicyclic) bond motifs is 1. The van der Waals surface area contributed by atoms with Crippen LogP contribution < -0.4 is 0 Å². The Morgan fingerprint density at radius 3 is 2.57 bits per heavy atom. The number of aryl methyl sites for hydroxylation is 1. The number of nitrogens with zero attached hydrogens (tertiary/aromatic N) is 3. The van der Waals surface area contributed by atoms with Gasteiger partial charge >= 0.3 is 5.97 Å². The molecule has 6 nitrogen and oxygen atoms in total. The van der Waals surface area contributed by atoms with Crippen molar-refractivity contribution in [2.45, 2.75) is 19.5 Å². The van der Waals surface area contributed by atoms with Crippen LogP contribution in [0.1, 0.15) is 17.4 Å². The summed E-state index contributed by atoms with van der Waals surface area (Å²) in [6.07, 6.45) is 0. The van der Waals surface area contributed by atoms with Crippen molar-refractivity contribution in [3.05, 3.63) is 63.9 Å². The quantitative estimate of drug-likeness (QED) is 0.585. The van der Waals surface area contributed by atoms with Crippen molar-refractivity contribution in [3.63, 3.8) is 0 Å². The first-order valence-electron chi connectivity index (χ1n) is 8.53. The summed E-state index contributed by atoms with van der Waals surface area (Å²) in [5.41, 5.74) is 2.18. The second kappa shape index (κ2) is 8.20. The molecule has 0 unspecified atom stereocenters. The lowest BCUT2D eigenvalue weighted by Gasteiger charge is -2.27. The Labute approximate surface area is 172 Å². The number of carbonyl (C=O) groups is 2. The van der Waals surface area contributed by atoms with Crippen LogP contribution >= 0.6 is 23.2 Å². The van der Waals surface area contributed by atoms with Crippen molar-refractivity contribution in [2.24, 2.45) is 0 Å². The highest BCUT2D eigenvalue weighted by Gasteiger charge is 2.30. The van der Waals surface area contributed by atoms with E-state index in [0.29, 0.717) is 21.4 Å². The normalized spacial score (nSPS) is 12.0. The number of amides is 1. The van der Waals surface area contributed by atoms with Gasteiger partial charge in [0.2, 0.25) is 5.91 Å². The third-order valence-corrected chi connectivity index (χ3v) is 5.34. The molecule has 0 spiro atoms. The van der Waals surface area contributed by atoms with E-state index in [9.17, 15) is 9.59 Å². The van der Waals surface area contributed by atoms with Crippen LogP contribution in [0.3, 0.4) is 0 Å². The first-order chi connectivity index (χ1) is 13.3. The molecule has 3 rings (SSSR count). The van der Waals surface area contributed by atoms with Crippen molar-refractivity contribution in [2.75, 3.05) is 14.2 Å². The summed E-state index contributed by atoms with van der Waals surface area (Å²) in [6, 6.07) is 11.4. The molecule has 146 valence electrons. The predicted octanol–water partition coefficient (Wildman–Crippen LogP) is 4.02. The fourth-order valence-corrected chi connectivity index (χ4v) is 3.40. The predicted molar refractivity (Wildman–Crippen MR) is 108 cm³/mol. The number of imidazole rings is 1. The molecule has 0 N–H and O–H groups in total. The first kappa shape index (κ1) is 20.2. The smallest absolute Gasteiger partial charge is 0.333 e. The number of esters is 1. The average Bonchev–Trinajstić information content (AvgIpc) is 2.99. The minimum Gasteiger partial charge on any atom is -0.467 e. The van der Waals surface area contributed by atoms with Crippen LogP contribution in [0.5, 0.6) is 0 Å². The van der Waals surface area contributed by atoms with Gasteiger partial charge in [0.25, 0.3) is 0 Å². The summed E-state index contributed by atoms with van der Waals surface area (Å²) in [7, 11) is 2.83. The van der Waals surface area contributed by atoms with E-state index >= 15 is 0 Å². The minimum atomic E-state index is -0.942. The first-order valence-corrected chi connectivity index (χ1v) is 9.29. The number of benzene rings is 2. The van der Waals surface area contributed by atoms with E-state index < -0.39 is 12.0 Å². The molecule has 1 atom stereocenters. The number of hydrogen-bond acceptors (Lipinski definition) is 4. The number of methoxy groups -OCH3 is 1. The Morgan fingerprint density at radius 2 is 1.89 bits per heavy atom. The Hall–Kier alpha value is -2.57. The van der Waals surface area contributed by atoms with Crippen molar-refractivity contribution in [1.29, 1.82) is 0 Å². The van der Waals surface area contributed by atoms with Crippen LogP contribution in [0.15, 0.2) is 42.5 Å². The van der Waals surface area contributed by atoms with E-state index in [1.54, 1.807) is 25.2 Å². The molecule has 1 heterocycles. The number of carbonyl (C=O) groups excluding carboxylic acids is 2. The number of aromatic nitrogens is 2. The van der Waals surface area contributed by atoms with Crippen molar-refractivity contribution in [1.82, 2.24) is 14.5 Å². The fraction of sp³-hybridized carbons (Fsp3) is 0.250. The van der Waals surface area contributed by atoms with E-state index in [4.69, 9.17) is 27.9 Å². The van der Waals surface area contributed by atoms with Gasteiger partial charge in [0, 0.05) is 7.05 Å². The van der Waals surface area contributed by atoms with E-state index in [-0.39, 0.29) is 12.5 Å². The largest absolute Gasteiger partial charge is 0.467 e. The third-order valence-electron chi connectivity index (χ3n) is 4.60. The summed E-state index contributed by atoms with van der Waals surface area (Å²) >= 11 is 12.1. The Morgan fingerprint density at radius 1 is 1.18 bits per heavy atom. The topological polar surface area (TPSA) is 64.4 Å². The number of rotatable bonds is 5. The van der Waals surface area contributed by atoms with Crippen molar-refractivity contribution in [3.8, 4) is 0 Å².